The molecular weight excluding hydrogens is 364 g/mol. The predicted octanol–water partition coefficient (Wildman–Crippen LogP) is 3.68. The molecule has 3 aromatic rings. The minimum Gasteiger partial charge on any atom is -0.380 e. The summed E-state index contributed by atoms with van der Waals surface area (Å²) in [6.45, 7) is 1.28. The number of hydrogen-bond donors (Lipinski definition) is 1. The quantitative estimate of drug-likeness (QED) is 0.747. The van der Waals surface area contributed by atoms with Gasteiger partial charge in [-0.2, -0.15) is 0 Å². The van der Waals surface area contributed by atoms with Gasteiger partial charge in [-0.15, -0.1) is 0 Å². The number of fused-ring (bicyclic) bond motifs is 2. The predicted molar refractivity (Wildman–Crippen MR) is 109 cm³/mol. The van der Waals surface area contributed by atoms with Crippen LogP contribution in [-0.4, -0.2) is 41.3 Å². The molecule has 0 radical (unpaired) electrons. The summed E-state index contributed by atoms with van der Waals surface area (Å²) in [7, 11) is 1.68. The van der Waals surface area contributed by atoms with E-state index in [0.717, 1.165) is 40.6 Å². The largest absolute Gasteiger partial charge is 0.380 e. The molecule has 1 N–H and O–H groups in total. The van der Waals surface area contributed by atoms with Crippen LogP contribution >= 0.6 is 0 Å². The van der Waals surface area contributed by atoms with Gasteiger partial charge in [0.15, 0.2) is 5.78 Å². The molecule has 1 aliphatic heterocycles. The maximum absolute atomic E-state index is 13.4. The summed E-state index contributed by atoms with van der Waals surface area (Å²) in [4.78, 5) is 31.4. The number of amides is 1. The number of methoxy groups -OCH3 is 1. The van der Waals surface area contributed by atoms with Crippen LogP contribution in [0.3, 0.4) is 0 Å². The number of nitrogens with zero attached hydrogens (tertiary/aromatic N) is 1. The Morgan fingerprint density at radius 1 is 1.24 bits per heavy atom. The van der Waals surface area contributed by atoms with E-state index in [1.807, 2.05) is 41.3 Å². The van der Waals surface area contributed by atoms with Crippen molar-refractivity contribution >= 4 is 22.6 Å². The first-order valence-corrected chi connectivity index (χ1v) is 10.2. The molecule has 1 saturated heterocycles. The Bertz CT molecular complexity index is 1180. The van der Waals surface area contributed by atoms with E-state index < -0.39 is 0 Å². The van der Waals surface area contributed by atoms with Crippen LogP contribution in [0.25, 0.3) is 10.9 Å². The lowest BCUT2D eigenvalue weighted by Crippen LogP contribution is -2.46. The van der Waals surface area contributed by atoms with Crippen LogP contribution in [0.4, 0.5) is 0 Å². The fourth-order valence-corrected chi connectivity index (χ4v) is 5.78. The number of likely N-dealkylation sites (tertiary alicyclic amines) is 1. The van der Waals surface area contributed by atoms with Crippen molar-refractivity contribution in [2.24, 2.45) is 5.92 Å². The average molecular weight is 386 g/mol. The van der Waals surface area contributed by atoms with Gasteiger partial charge in [0.05, 0.1) is 6.61 Å². The minimum absolute atomic E-state index is 0.00162. The third-order valence-electron chi connectivity index (χ3n) is 7.14. The van der Waals surface area contributed by atoms with Gasteiger partial charge in [-0.05, 0) is 41.7 Å². The van der Waals surface area contributed by atoms with Crippen LogP contribution in [0.15, 0.2) is 48.5 Å². The molecule has 6 rings (SSSR count). The number of ether oxygens (including phenoxy) is 1. The zero-order valence-electron chi connectivity index (χ0n) is 16.3. The van der Waals surface area contributed by atoms with E-state index in [-0.39, 0.29) is 23.1 Å². The van der Waals surface area contributed by atoms with Crippen molar-refractivity contribution in [2.75, 3.05) is 13.7 Å². The van der Waals surface area contributed by atoms with Gasteiger partial charge < -0.3 is 14.6 Å². The number of carbonyl (C=O) groups is 2. The van der Waals surface area contributed by atoms with E-state index in [0.29, 0.717) is 24.6 Å². The van der Waals surface area contributed by atoms with Crippen LogP contribution in [0.1, 0.15) is 44.8 Å². The summed E-state index contributed by atoms with van der Waals surface area (Å²) in [6, 6.07) is 15.9. The number of carbonyl (C=O) groups excluding carboxylic acids is 2. The third-order valence-corrected chi connectivity index (χ3v) is 7.14. The van der Waals surface area contributed by atoms with Crippen molar-refractivity contribution in [3.8, 4) is 0 Å². The molecule has 2 fully saturated rings. The normalized spacial score (nSPS) is 26.9. The molecule has 29 heavy (non-hydrogen) atoms. The topological polar surface area (TPSA) is 62.4 Å². The number of benzene rings is 2. The highest BCUT2D eigenvalue weighted by atomic mass is 16.5. The summed E-state index contributed by atoms with van der Waals surface area (Å²) >= 11 is 0. The van der Waals surface area contributed by atoms with Gasteiger partial charge in [-0.25, -0.2) is 0 Å². The van der Waals surface area contributed by atoms with Crippen molar-refractivity contribution in [1.29, 1.82) is 0 Å². The summed E-state index contributed by atoms with van der Waals surface area (Å²) in [6.07, 6.45) is 1.51. The molecule has 1 amide bonds. The van der Waals surface area contributed by atoms with Crippen LogP contribution in [0.5, 0.6) is 0 Å². The van der Waals surface area contributed by atoms with Gasteiger partial charge in [0, 0.05) is 48.0 Å². The fraction of sp³-hybridized carbons (Fsp3) is 0.333. The Morgan fingerprint density at radius 2 is 2.10 bits per heavy atom. The van der Waals surface area contributed by atoms with Gasteiger partial charge in [0.1, 0.15) is 5.69 Å². The smallest absolute Gasteiger partial charge is 0.270 e. The first kappa shape index (κ1) is 17.0. The standard InChI is InChI=1S/C24H22N2O3/c1-29-13-14-6-7-19-15(8-14)9-20(25-19)23(28)26-12-16-11-24(16)18-5-3-2-4-17(18)21(27)10-22(24)26/h2-9,16,22,25H,10-13H2,1H3/t16-,22?,24-/m1/s1. The molecule has 2 heterocycles. The van der Waals surface area contributed by atoms with Gasteiger partial charge in [0.2, 0.25) is 0 Å². The first-order valence-electron chi connectivity index (χ1n) is 10.2. The third kappa shape index (κ3) is 2.25. The van der Waals surface area contributed by atoms with Crippen molar-refractivity contribution < 1.29 is 14.3 Å². The second-order valence-corrected chi connectivity index (χ2v) is 8.63. The molecule has 0 bridgehead atoms. The molecule has 3 aliphatic rings. The molecule has 3 atom stereocenters. The molecule has 1 spiro atoms. The second kappa shape index (κ2) is 5.80. The van der Waals surface area contributed by atoms with E-state index in [1.165, 1.54) is 0 Å². The number of nitrogens with one attached hydrogen (secondary N) is 1. The maximum atomic E-state index is 13.4. The fourth-order valence-electron chi connectivity index (χ4n) is 5.78. The number of rotatable bonds is 3. The summed E-state index contributed by atoms with van der Waals surface area (Å²) in [5.41, 5.74) is 4.61. The molecule has 146 valence electrons. The zero-order chi connectivity index (χ0) is 19.8. The summed E-state index contributed by atoms with van der Waals surface area (Å²) in [5.74, 6) is 0.615. The minimum atomic E-state index is -0.0298. The number of Topliss-reactive ketones (excluding diaryl/α,β-unsaturated/α-hetero) is 1. The highest BCUT2D eigenvalue weighted by molar-refractivity contribution is 6.03. The van der Waals surface area contributed by atoms with Crippen molar-refractivity contribution in [2.45, 2.75) is 30.9 Å². The van der Waals surface area contributed by atoms with E-state index in [2.05, 4.69) is 17.1 Å². The van der Waals surface area contributed by atoms with E-state index in [9.17, 15) is 9.59 Å². The highest BCUT2D eigenvalue weighted by Gasteiger charge is 2.69. The lowest BCUT2D eigenvalue weighted by Gasteiger charge is -2.36. The van der Waals surface area contributed by atoms with Gasteiger partial charge in [-0.1, -0.05) is 30.3 Å². The Balaban J connectivity index is 1.35. The Kier molecular flexibility index (Phi) is 3.40. The molecular formula is C24H22N2O3. The molecule has 1 aromatic heterocycles. The number of piperidine rings is 1. The van der Waals surface area contributed by atoms with Crippen molar-refractivity contribution in [3.05, 3.63) is 70.9 Å². The van der Waals surface area contributed by atoms with Gasteiger partial charge in [-0.3, -0.25) is 9.59 Å². The number of ketones is 1. The summed E-state index contributed by atoms with van der Waals surface area (Å²) in [5, 5.41) is 1.01. The second-order valence-electron chi connectivity index (χ2n) is 8.63. The van der Waals surface area contributed by atoms with Crippen LogP contribution in [0.2, 0.25) is 0 Å². The van der Waals surface area contributed by atoms with Crippen molar-refractivity contribution in [1.82, 2.24) is 9.88 Å². The lowest BCUT2D eigenvalue weighted by molar-refractivity contribution is 0.0659. The van der Waals surface area contributed by atoms with E-state index in [1.54, 1.807) is 7.11 Å². The van der Waals surface area contributed by atoms with Crippen LogP contribution in [0, 0.1) is 5.92 Å². The molecule has 2 aliphatic carbocycles. The molecule has 5 heteroatoms. The van der Waals surface area contributed by atoms with Gasteiger partial charge >= 0.3 is 0 Å². The highest BCUT2D eigenvalue weighted by Crippen LogP contribution is 2.65. The summed E-state index contributed by atoms with van der Waals surface area (Å²) < 4.78 is 5.21. The van der Waals surface area contributed by atoms with Crippen LogP contribution in [-0.2, 0) is 16.8 Å². The number of aromatic amines is 1. The molecule has 5 nitrogen and oxygen atoms in total. The van der Waals surface area contributed by atoms with Crippen molar-refractivity contribution in [3.63, 3.8) is 0 Å². The lowest BCUT2D eigenvalue weighted by atomic mass is 9.75. The zero-order valence-corrected chi connectivity index (χ0v) is 16.3. The van der Waals surface area contributed by atoms with Gasteiger partial charge in [0.25, 0.3) is 5.91 Å². The monoisotopic (exact) mass is 386 g/mol. The first-order chi connectivity index (χ1) is 14.1. The van der Waals surface area contributed by atoms with E-state index >= 15 is 0 Å². The Hall–Kier alpha value is -2.92. The Labute approximate surface area is 168 Å². The molecule has 1 saturated carbocycles. The SMILES string of the molecule is COCc1ccc2[nH]c(C(=O)N3C[C@H]4C[C@]45c4ccccc4C(=O)CC35)cc2c1. The number of hydrogen-bond acceptors (Lipinski definition) is 3. The Morgan fingerprint density at radius 3 is 2.97 bits per heavy atom. The molecule has 2 aromatic carbocycles. The average Bonchev–Trinajstić information content (AvgIpc) is 3.12. The number of H-pyrrole nitrogens is 1. The van der Waals surface area contributed by atoms with Crippen LogP contribution < -0.4 is 0 Å². The van der Waals surface area contributed by atoms with E-state index in [4.69, 9.17) is 4.74 Å². The maximum Gasteiger partial charge on any atom is 0.270 e. The number of aromatic nitrogens is 1. The molecule has 1 unspecified atom stereocenters.